The number of fused-ring (bicyclic) bond motifs is 1. The number of aromatic nitrogens is 2. The third-order valence-electron chi connectivity index (χ3n) is 2.63. The summed E-state index contributed by atoms with van der Waals surface area (Å²) in [5, 5.41) is 0.942. The lowest BCUT2D eigenvalue weighted by Gasteiger charge is -2.02. The van der Waals surface area contributed by atoms with Gasteiger partial charge in [-0.05, 0) is 24.5 Å². The molecule has 0 radical (unpaired) electrons. The third kappa shape index (κ3) is 2.17. The number of rotatable bonds is 3. The van der Waals surface area contributed by atoms with Crippen molar-refractivity contribution in [2.24, 2.45) is 5.92 Å². The van der Waals surface area contributed by atoms with Gasteiger partial charge >= 0.3 is 5.16 Å². The number of nitrogens with one attached hydrogen (secondary N) is 1. The first-order chi connectivity index (χ1) is 7.18. The zero-order valence-electron chi connectivity index (χ0n) is 9.20. The highest BCUT2D eigenvalue weighted by Crippen LogP contribution is 2.12. The molecule has 1 heterocycles. The van der Waals surface area contributed by atoms with Crippen LogP contribution in [0.2, 0.25) is 0 Å². The zero-order valence-corrected chi connectivity index (χ0v) is 10.1. The van der Waals surface area contributed by atoms with Crippen molar-refractivity contribution in [2.45, 2.75) is 32.0 Å². The topological polar surface area (TPSA) is 19.7 Å². The predicted molar refractivity (Wildman–Crippen MR) is 65.2 cm³/mol. The molecule has 2 nitrogen and oxygen atoms in total. The molecule has 0 saturated carbocycles. The van der Waals surface area contributed by atoms with Gasteiger partial charge in [0.1, 0.15) is 0 Å². The first-order valence-corrected chi connectivity index (χ1v) is 5.82. The fraction of sp³-hybridized carbons (Fsp3) is 0.417. The van der Waals surface area contributed by atoms with E-state index in [2.05, 4.69) is 54.2 Å². The molecule has 0 aliphatic rings. The molecule has 3 heteroatoms. The fourth-order valence-electron chi connectivity index (χ4n) is 1.73. The predicted octanol–water partition coefficient (Wildman–Crippen LogP) is 2.79. The van der Waals surface area contributed by atoms with Gasteiger partial charge in [-0.3, -0.25) is 0 Å². The van der Waals surface area contributed by atoms with Crippen LogP contribution in [0.3, 0.4) is 0 Å². The van der Waals surface area contributed by atoms with Crippen LogP contribution < -0.4 is 4.57 Å². The summed E-state index contributed by atoms with van der Waals surface area (Å²) in [6.07, 6.45) is 1.18. The number of nitrogens with zero attached hydrogens (tertiary/aromatic N) is 1. The molecule has 2 aromatic rings. The van der Waals surface area contributed by atoms with E-state index >= 15 is 0 Å². The molecule has 0 amide bonds. The van der Waals surface area contributed by atoms with Crippen LogP contribution >= 0.6 is 12.6 Å². The Morgan fingerprint density at radius 2 is 2.07 bits per heavy atom. The van der Waals surface area contributed by atoms with Crippen molar-refractivity contribution in [3.05, 3.63) is 24.3 Å². The molecule has 0 aliphatic heterocycles. The summed E-state index contributed by atoms with van der Waals surface area (Å²) in [6.45, 7) is 5.52. The van der Waals surface area contributed by atoms with Crippen molar-refractivity contribution in [1.29, 1.82) is 0 Å². The van der Waals surface area contributed by atoms with E-state index < -0.39 is 0 Å². The average molecular weight is 221 g/mol. The summed E-state index contributed by atoms with van der Waals surface area (Å²) in [6, 6.07) is 8.32. The highest BCUT2D eigenvalue weighted by molar-refractivity contribution is 7.80. The van der Waals surface area contributed by atoms with Crippen molar-refractivity contribution in [3.63, 3.8) is 0 Å². The van der Waals surface area contributed by atoms with E-state index in [9.17, 15) is 0 Å². The molecule has 0 spiro atoms. The number of para-hydroxylation sites is 2. The normalized spacial score (nSPS) is 11.5. The number of benzene rings is 1. The van der Waals surface area contributed by atoms with Gasteiger partial charge in [-0.25, -0.2) is 9.55 Å². The Morgan fingerprint density at radius 3 is 2.80 bits per heavy atom. The second kappa shape index (κ2) is 4.27. The summed E-state index contributed by atoms with van der Waals surface area (Å²) < 4.78 is 2.23. The third-order valence-corrected chi connectivity index (χ3v) is 2.98. The molecule has 0 saturated heterocycles. The minimum Gasteiger partial charge on any atom is -0.231 e. The van der Waals surface area contributed by atoms with Crippen LogP contribution in [0.4, 0.5) is 0 Å². The monoisotopic (exact) mass is 221 g/mol. The lowest BCUT2D eigenvalue weighted by Crippen LogP contribution is -2.34. The molecule has 0 unspecified atom stereocenters. The van der Waals surface area contributed by atoms with Crippen LogP contribution in [0.25, 0.3) is 11.0 Å². The van der Waals surface area contributed by atoms with Crippen molar-refractivity contribution in [3.8, 4) is 0 Å². The van der Waals surface area contributed by atoms with Gasteiger partial charge in [0.2, 0.25) is 0 Å². The number of aromatic amines is 1. The van der Waals surface area contributed by atoms with Crippen LogP contribution in [0, 0.1) is 5.92 Å². The molecule has 1 aromatic carbocycles. The van der Waals surface area contributed by atoms with Crippen LogP contribution in [-0.2, 0) is 6.54 Å². The van der Waals surface area contributed by atoms with Crippen LogP contribution in [-0.4, -0.2) is 4.98 Å². The highest BCUT2D eigenvalue weighted by Gasteiger charge is 2.14. The lowest BCUT2D eigenvalue weighted by atomic mass is 10.1. The summed E-state index contributed by atoms with van der Waals surface area (Å²) in [7, 11) is 0. The van der Waals surface area contributed by atoms with Crippen LogP contribution in [0.1, 0.15) is 20.3 Å². The Kier molecular flexibility index (Phi) is 3.00. The van der Waals surface area contributed by atoms with Gasteiger partial charge in [-0.1, -0.05) is 38.6 Å². The van der Waals surface area contributed by atoms with Gasteiger partial charge in [0.25, 0.3) is 0 Å². The number of aryl methyl sites for hydroxylation is 1. The van der Waals surface area contributed by atoms with Gasteiger partial charge in [-0.2, -0.15) is 0 Å². The molecular formula is C12H17N2S+. The number of imidazole rings is 1. The first kappa shape index (κ1) is 10.6. The number of thiol groups is 1. The Labute approximate surface area is 95.7 Å². The maximum atomic E-state index is 4.47. The van der Waals surface area contributed by atoms with E-state index in [0.29, 0.717) is 0 Å². The quantitative estimate of drug-likeness (QED) is 0.587. The van der Waals surface area contributed by atoms with Crippen molar-refractivity contribution in [2.75, 3.05) is 0 Å². The van der Waals surface area contributed by atoms with Gasteiger partial charge in [0, 0.05) is 0 Å². The Bertz CT molecular complexity index is 460. The van der Waals surface area contributed by atoms with E-state index in [1.165, 1.54) is 11.9 Å². The Hall–Kier alpha value is -0.960. The fourth-order valence-corrected chi connectivity index (χ4v) is 2.06. The summed E-state index contributed by atoms with van der Waals surface area (Å²) in [4.78, 5) is 3.28. The second-order valence-corrected chi connectivity index (χ2v) is 4.72. The van der Waals surface area contributed by atoms with Crippen LogP contribution in [0.15, 0.2) is 29.4 Å². The van der Waals surface area contributed by atoms with Gasteiger partial charge in [0.15, 0.2) is 11.0 Å². The minimum absolute atomic E-state index is 0.721. The molecule has 1 N–H and O–H groups in total. The molecule has 0 aliphatic carbocycles. The van der Waals surface area contributed by atoms with E-state index in [4.69, 9.17) is 0 Å². The minimum atomic E-state index is 0.721. The molecule has 0 atom stereocenters. The standard InChI is InChI=1S/C12H16N2S/c1-9(2)7-8-14-11-6-4-3-5-10(11)13-12(14)15/h3-6,9H,7-8H2,1-2H3,(H,13,15)/p+1. The van der Waals surface area contributed by atoms with Gasteiger partial charge < -0.3 is 0 Å². The number of hydrogen-bond donors (Lipinski definition) is 2. The zero-order chi connectivity index (χ0) is 10.8. The van der Waals surface area contributed by atoms with Crippen molar-refractivity contribution in [1.82, 2.24) is 4.98 Å². The van der Waals surface area contributed by atoms with Gasteiger partial charge in [-0.15, -0.1) is 0 Å². The molecule has 80 valence electrons. The second-order valence-electron chi connectivity index (χ2n) is 4.30. The lowest BCUT2D eigenvalue weighted by molar-refractivity contribution is -0.709. The van der Waals surface area contributed by atoms with Gasteiger partial charge in [0.05, 0.1) is 6.54 Å². The van der Waals surface area contributed by atoms with E-state index in [0.717, 1.165) is 23.1 Å². The first-order valence-electron chi connectivity index (χ1n) is 5.38. The highest BCUT2D eigenvalue weighted by atomic mass is 32.1. The smallest absolute Gasteiger partial charge is 0.231 e. The molecular weight excluding hydrogens is 204 g/mol. The van der Waals surface area contributed by atoms with E-state index in [-0.39, 0.29) is 0 Å². The molecule has 2 rings (SSSR count). The maximum absolute atomic E-state index is 4.47. The van der Waals surface area contributed by atoms with Crippen LogP contribution in [0.5, 0.6) is 0 Å². The molecule has 0 bridgehead atoms. The number of hydrogen-bond acceptors (Lipinski definition) is 1. The van der Waals surface area contributed by atoms with Crippen molar-refractivity contribution >= 4 is 23.7 Å². The summed E-state index contributed by atoms with van der Waals surface area (Å²) in [5.74, 6) is 0.721. The average Bonchev–Trinajstić information content (AvgIpc) is 2.50. The SMILES string of the molecule is CC(C)CC[n+]1c(S)[nH]c2ccccc21. The van der Waals surface area contributed by atoms with E-state index in [1.54, 1.807) is 0 Å². The Balaban J connectivity index is 2.36. The molecule has 0 fully saturated rings. The largest absolute Gasteiger partial charge is 0.313 e. The summed E-state index contributed by atoms with van der Waals surface area (Å²) >= 11 is 4.47. The maximum Gasteiger partial charge on any atom is 0.313 e. The molecule has 1 aromatic heterocycles. The van der Waals surface area contributed by atoms with E-state index in [1.807, 2.05) is 6.07 Å². The summed E-state index contributed by atoms with van der Waals surface area (Å²) in [5.41, 5.74) is 2.40. The Morgan fingerprint density at radius 1 is 1.33 bits per heavy atom. The number of H-pyrrole nitrogens is 1. The molecule has 15 heavy (non-hydrogen) atoms. The van der Waals surface area contributed by atoms with Crippen molar-refractivity contribution < 1.29 is 4.57 Å².